The molecule has 2 N–H and O–H groups in total. The summed E-state index contributed by atoms with van der Waals surface area (Å²) in [7, 11) is -1.01. The maximum absolute atomic E-state index is 11.6. The van der Waals surface area contributed by atoms with E-state index in [-0.39, 0.29) is 6.04 Å². The molecule has 0 amide bonds. The average Bonchev–Trinajstić information content (AvgIpc) is 2.04. The lowest BCUT2D eigenvalue weighted by Crippen LogP contribution is -2.22. The Hall–Kier alpha value is -0.380. The first-order valence-corrected chi connectivity index (χ1v) is 5.69. The third-order valence-corrected chi connectivity index (χ3v) is 3.37. The molecule has 0 aliphatic heterocycles. The van der Waals surface area contributed by atoms with E-state index in [2.05, 4.69) is 0 Å². The highest BCUT2D eigenvalue weighted by molar-refractivity contribution is 7.85. The van der Waals surface area contributed by atoms with Crippen molar-refractivity contribution in [3.63, 3.8) is 0 Å². The van der Waals surface area contributed by atoms with E-state index < -0.39 is 10.8 Å². The van der Waals surface area contributed by atoms with Gasteiger partial charge >= 0.3 is 0 Å². The van der Waals surface area contributed by atoms with Crippen molar-refractivity contribution in [3.8, 4) is 0 Å². The van der Waals surface area contributed by atoms with Gasteiger partial charge in [0.05, 0.1) is 10.8 Å². The van der Waals surface area contributed by atoms with Gasteiger partial charge in [0, 0.05) is 21.7 Å². The second kappa shape index (κ2) is 4.74. The third kappa shape index (κ3) is 3.46. The number of halogens is 1. The molecule has 0 saturated heterocycles. The fourth-order valence-corrected chi connectivity index (χ4v) is 2.16. The molecule has 0 fully saturated rings. The van der Waals surface area contributed by atoms with Gasteiger partial charge in [-0.2, -0.15) is 0 Å². The molecule has 2 atom stereocenters. The second-order valence-electron chi connectivity index (χ2n) is 2.94. The molecule has 0 radical (unpaired) electrons. The molecule has 0 heterocycles. The van der Waals surface area contributed by atoms with Gasteiger partial charge in [0.15, 0.2) is 0 Å². The highest BCUT2D eigenvalue weighted by atomic mass is 35.5. The normalized spacial score (nSPS) is 15.3. The topological polar surface area (TPSA) is 43.1 Å². The number of nitrogens with two attached hydrogens (primary N) is 1. The van der Waals surface area contributed by atoms with Gasteiger partial charge in [0.1, 0.15) is 0 Å². The van der Waals surface area contributed by atoms with Crippen LogP contribution in [0.3, 0.4) is 0 Å². The Morgan fingerprint density at radius 3 is 2.46 bits per heavy atom. The summed E-state index contributed by atoms with van der Waals surface area (Å²) in [6, 6.07) is 6.95. The highest BCUT2D eigenvalue weighted by Crippen LogP contribution is 2.12. The minimum Gasteiger partial charge on any atom is -0.327 e. The van der Waals surface area contributed by atoms with Crippen molar-refractivity contribution < 1.29 is 4.21 Å². The van der Waals surface area contributed by atoms with E-state index in [0.717, 1.165) is 4.90 Å². The van der Waals surface area contributed by atoms with Gasteiger partial charge in [-0.05, 0) is 31.2 Å². The van der Waals surface area contributed by atoms with E-state index in [1.165, 1.54) is 0 Å². The Labute approximate surface area is 85.5 Å². The van der Waals surface area contributed by atoms with Crippen LogP contribution in [-0.2, 0) is 10.8 Å². The Morgan fingerprint density at radius 1 is 1.46 bits per heavy atom. The lowest BCUT2D eigenvalue weighted by Gasteiger charge is -2.04. The van der Waals surface area contributed by atoms with E-state index in [9.17, 15) is 4.21 Å². The molecule has 0 aromatic heterocycles. The second-order valence-corrected chi connectivity index (χ2v) is 4.88. The summed E-state index contributed by atoms with van der Waals surface area (Å²) in [6.07, 6.45) is 0. The summed E-state index contributed by atoms with van der Waals surface area (Å²) < 4.78 is 11.6. The lowest BCUT2D eigenvalue weighted by atomic mass is 10.4. The molecule has 0 saturated carbocycles. The monoisotopic (exact) mass is 217 g/mol. The van der Waals surface area contributed by atoms with Crippen molar-refractivity contribution in [1.29, 1.82) is 0 Å². The van der Waals surface area contributed by atoms with E-state index in [1.807, 2.05) is 6.92 Å². The standard InChI is InChI=1S/C9H12ClNOS/c1-7(11)6-13(12)9-4-2-8(10)3-5-9/h2-5,7H,6,11H2,1H3. The zero-order valence-electron chi connectivity index (χ0n) is 7.37. The van der Waals surface area contributed by atoms with Crippen molar-refractivity contribution in [2.75, 3.05) is 5.75 Å². The average molecular weight is 218 g/mol. The molecular weight excluding hydrogens is 206 g/mol. The maximum Gasteiger partial charge on any atom is 0.0545 e. The zero-order chi connectivity index (χ0) is 9.84. The fourth-order valence-electron chi connectivity index (χ4n) is 0.921. The predicted octanol–water partition coefficient (Wildman–Crippen LogP) is 1.79. The van der Waals surface area contributed by atoms with Crippen LogP contribution >= 0.6 is 11.6 Å². The van der Waals surface area contributed by atoms with Crippen molar-refractivity contribution in [3.05, 3.63) is 29.3 Å². The van der Waals surface area contributed by atoms with E-state index in [1.54, 1.807) is 24.3 Å². The van der Waals surface area contributed by atoms with Gasteiger partial charge in [0.25, 0.3) is 0 Å². The van der Waals surface area contributed by atoms with Gasteiger partial charge in [-0.1, -0.05) is 11.6 Å². The van der Waals surface area contributed by atoms with Crippen LogP contribution in [0.25, 0.3) is 0 Å². The Bertz CT molecular complexity index is 297. The van der Waals surface area contributed by atoms with Gasteiger partial charge < -0.3 is 5.73 Å². The van der Waals surface area contributed by atoms with Crippen molar-refractivity contribution >= 4 is 22.4 Å². The van der Waals surface area contributed by atoms with Crippen LogP contribution in [0, 0.1) is 0 Å². The molecule has 1 aromatic rings. The van der Waals surface area contributed by atoms with Gasteiger partial charge in [-0.3, -0.25) is 4.21 Å². The molecule has 1 rings (SSSR count). The summed E-state index contributed by atoms with van der Waals surface area (Å²) in [6.45, 7) is 1.84. The predicted molar refractivity (Wildman–Crippen MR) is 56.4 cm³/mol. The molecule has 2 nitrogen and oxygen atoms in total. The van der Waals surface area contributed by atoms with Crippen LogP contribution < -0.4 is 5.73 Å². The van der Waals surface area contributed by atoms with Crippen LogP contribution in [0.5, 0.6) is 0 Å². The first-order valence-electron chi connectivity index (χ1n) is 3.99. The minimum atomic E-state index is -1.01. The van der Waals surface area contributed by atoms with E-state index >= 15 is 0 Å². The molecular formula is C9H12ClNOS. The molecule has 0 aliphatic carbocycles. The summed E-state index contributed by atoms with van der Waals surface area (Å²) in [5.41, 5.74) is 5.54. The number of benzene rings is 1. The smallest absolute Gasteiger partial charge is 0.0545 e. The highest BCUT2D eigenvalue weighted by Gasteiger charge is 2.05. The number of hydrogen-bond donors (Lipinski definition) is 1. The first kappa shape index (κ1) is 10.7. The van der Waals surface area contributed by atoms with Crippen LogP contribution in [0.15, 0.2) is 29.2 Å². The number of hydrogen-bond acceptors (Lipinski definition) is 2. The van der Waals surface area contributed by atoms with Crippen molar-refractivity contribution in [1.82, 2.24) is 0 Å². The quantitative estimate of drug-likeness (QED) is 0.839. The Kier molecular flexibility index (Phi) is 3.90. The van der Waals surface area contributed by atoms with E-state index in [0.29, 0.717) is 10.8 Å². The molecule has 72 valence electrons. The van der Waals surface area contributed by atoms with Gasteiger partial charge in [0.2, 0.25) is 0 Å². The summed E-state index contributed by atoms with van der Waals surface area (Å²) >= 11 is 5.70. The zero-order valence-corrected chi connectivity index (χ0v) is 8.94. The SMILES string of the molecule is CC(N)CS(=O)c1ccc(Cl)cc1. The Balaban J connectivity index is 2.72. The Morgan fingerprint density at radius 2 is 2.00 bits per heavy atom. The minimum absolute atomic E-state index is 0.0449. The molecule has 0 bridgehead atoms. The maximum atomic E-state index is 11.6. The van der Waals surface area contributed by atoms with Crippen LogP contribution in [0.4, 0.5) is 0 Å². The molecule has 0 aliphatic rings. The van der Waals surface area contributed by atoms with Gasteiger partial charge in [-0.15, -0.1) is 0 Å². The molecule has 2 unspecified atom stereocenters. The molecule has 13 heavy (non-hydrogen) atoms. The molecule has 1 aromatic carbocycles. The lowest BCUT2D eigenvalue weighted by molar-refractivity contribution is 0.676. The third-order valence-electron chi connectivity index (χ3n) is 1.49. The largest absolute Gasteiger partial charge is 0.327 e. The molecule has 0 spiro atoms. The van der Waals surface area contributed by atoms with Crippen molar-refractivity contribution in [2.24, 2.45) is 5.73 Å². The first-order chi connectivity index (χ1) is 6.09. The summed E-state index contributed by atoms with van der Waals surface area (Å²) in [5, 5.41) is 0.654. The number of rotatable bonds is 3. The summed E-state index contributed by atoms with van der Waals surface area (Å²) in [4.78, 5) is 0.779. The van der Waals surface area contributed by atoms with Gasteiger partial charge in [-0.25, -0.2) is 0 Å². The van der Waals surface area contributed by atoms with Crippen LogP contribution in [0.2, 0.25) is 5.02 Å². The van der Waals surface area contributed by atoms with E-state index in [4.69, 9.17) is 17.3 Å². The summed E-state index contributed by atoms with van der Waals surface area (Å²) in [5.74, 6) is 0.488. The van der Waals surface area contributed by atoms with Crippen LogP contribution in [0.1, 0.15) is 6.92 Å². The molecule has 4 heteroatoms. The fraction of sp³-hybridized carbons (Fsp3) is 0.333. The van der Waals surface area contributed by atoms with Crippen molar-refractivity contribution in [2.45, 2.75) is 17.9 Å². The van der Waals surface area contributed by atoms with Crippen LogP contribution in [-0.4, -0.2) is 16.0 Å².